The van der Waals surface area contributed by atoms with Crippen LogP contribution in [0.3, 0.4) is 0 Å². The molecule has 0 spiro atoms. The van der Waals surface area contributed by atoms with Gasteiger partial charge in [0.1, 0.15) is 5.75 Å². The van der Waals surface area contributed by atoms with Crippen molar-refractivity contribution < 1.29 is 19.1 Å². The lowest BCUT2D eigenvalue weighted by molar-refractivity contribution is -0.130. The maximum Gasteiger partial charge on any atom is 0.255 e. The summed E-state index contributed by atoms with van der Waals surface area (Å²) < 4.78 is 10.4. The van der Waals surface area contributed by atoms with Gasteiger partial charge in [0, 0.05) is 24.0 Å². The molecule has 0 atom stereocenters. The Balaban J connectivity index is 1.62. The third kappa shape index (κ3) is 5.13. The van der Waals surface area contributed by atoms with Crippen LogP contribution in [-0.4, -0.2) is 45.7 Å². The molecule has 0 bridgehead atoms. The molecule has 0 saturated carbocycles. The van der Waals surface area contributed by atoms with E-state index in [1.807, 2.05) is 0 Å². The van der Waals surface area contributed by atoms with E-state index < -0.39 is 5.41 Å². The fourth-order valence-corrected chi connectivity index (χ4v) is 3.46. The number of carbonyl (C=O) groups is 2. The summed E-state index contributed by atoms with van der Waals surface area (Å²) in [5, 5.41) is 9.09. The summed E-state index contributed by atoms with van der Waals surface area (Å²) in [6, 6.07) is 14.0. The lowest BCUT2D eigenvalue weighted by Crippen LogP contribution is -2.47. The number of carbonyl (C=O) groups excluding carboxylic acids is 2. The number of methoxy groups -OCH3 is 2. The number of hydrogen-bond donors (Lipinski definition) is 3. The first-order valence-electron chi connectivity index (χ1n) is 9.63. The first-order chi connectivity index (χ1) is 14.1. The van der Waals surface area contributed by atoms with Crippen LogP contribution in [0.1, 0.15) is 23.2 Å². The summed E-state index contributed by atoms with van der Waals surface area (Å²) in [4.78, 5) is 25.3. The molecule has 0 unspecified atom stereocenters. The van der Waals surface area contributed by atoms with E-state index in [9.17, 15) is 9.59 Å². The molecule has 0 radical (unpaired) electrons. The fourth-order valence-electron chi connectivity index (χ4n) is 3.46. The first-order valence-corrected chi connectivity index (χ1v) is 9.63. The molecule has 154 valence electrons. The fraction of sp³-hybridized carbons (Fsp3) is 0.364. The van der Waals surface area contributed by atoms with Crippen LogP contribution < -0.4 is 20.7 Å². The number of amides is 2. The maximum absolute atomic E-state index is 12.9. The molecule has 2 aromatic carbocycles. The molecule has 1 fully saturated rings. The molecular weight excluding hydrogens is 370 g/mol. The van der Waals surface area contributed by atoms with Crippen LogP contribution in [0.25, 0.3) is 0 Å². The van der Waals surface area contributed by atoms with Gasteiger partial charge < -0.3 is 25.4 Å². The van der Waals surface area contributed by atoms with E-state index in [0.29, 0.717) is 23.5 Å². The average molecular weight is 397 g/mol. The second-order valence-corrected chi connectivity index (χ2v) is 7.18. The molecule has 2 aromatic rings. The van der Waals surface area contributed by atoms with E-state index in [0.717, 1.165) is 31.7 Å². The van der Waals surface area contributed by atoms with Crippen LogP contribution in [0.2, 0.25) is 0 Å². The Labute approximate surface area is 170 Å². The zero-order valence-electron chi connectivity index (χ0n) is 16.8. The zero-order chi connectivity index (χ0) is 20.7. The predicted molar refractivity (Wildman–Crippen MR) is 112 cm³/mol. The Hall–Kier alpha value is -2.90. The summed E-state index contributed by atoms with van der Waals surface area (Å²) in [5.74, 6) is 0.460. The molecule has 3 rings (SSSR count). The van der Waals surface area contributed by atoms with Gasteiger partial charge >= 0.3 is 0 Å². The van der Waals surface area contributed by atoms with Gasteiger partial charge in [0.05, 0.1) is 19.1 Å². The van der Waals surface area contributed by atoms with Crippen LogP contribution in [-0.2, 0) is 9.53 Å². The Morgan fingerprint density at radius 2 is 1.52 bits per heavy atom. The minimum absolute atomic E-state index is 0.0451. The number of nitrogens with one attached hydrogen (secondary N) is 3. The van der Waals surface area contributed by atoms with Crippen LogP contribution in [0.5, 0.6) is 5.75 Å². The molecular formula is C22H27N3O4. The molecule has 29 heavy (non-hydrogen) atoms. The van der Waals surface area contributed by atoms with Gasteiger partial charge in [-0.05, 0) is 74.5 Å². The quantitative estimate of drug-likeness (QED) is 0.669. The van der Waals surface area contributed by atoms with Crippen molar-refractivity contribution in [3.63, 3.8) is 0 Å². The van der Waals surface area contributed by atoms with E-state index in [4.69, 9.17) is 9.47 Å². The largest absolute Gasteiger partial charge is 0.497 e. The number of anilines is 2. The van der Waals surface area contributed by atoms with Crippen LogP contribution in [0.15, 0.2) is 48.5 Å². The predicted octanol–water partition coefficient (Wildman–Crippen LogP) is 2.90. The van der Waals surface area contributed by atoms with Gasteiger partial charge in [0.2, 0.25) is 5.91 Å². The van der Waals surface area contributed by atoms with E-state index >= 15 is 0 Å². The Morgan fingerprint density at radius 3 is 2.10 bits per heavy atom. The van der Waals surface area contributed by atoms with Crippen molar-refractivity contribution >= 4 is 23.2 Å². The van der Waals surface area contributed by atoms with Gasteiger partial charge in [-0.2, -0.15) is 0 Å². The number of benzene rings is 2. The highest BCUT2D eigenvalue weighted by molar-refractivity contribution is 6.04. The number of piperidine rings is 1. The van der Waals surface area contributed by atoms with Gasteiger partial charge in [-0.25, -0.2) is 0 Å². The molecule has 1 aliphatic heterocycles. The topological polar surface area (TPSA) is 88.7 Å². The molecule has 7 heteroatoms. The van der Waals surface area contributed by atoms with Gasteiger partial charge in [0.25, 0.3) is 5.91 Å². The van der Waals surface area contributed by atoms with Gasteiger partial charge in [-0.15, -0.1) is 0 Å². The van der Waals surface area contributed by atoms with Crippen molar-refractivity contribution in [2.75, 3.05) is 44.5 Å². The highest BCUT2D eigenvalue weighted by Gasteiger charge is 2.39. The highest BCUT2D eigenvalue weighted by Crippen LogP contribution is 2.31. The third-order valence-corrected chi connectivity index (χ3v) is 5.22. The van der Waals surface area contributed by atoms with E-state index in [-0.39, 0.29) is 11.8 Å². The standard InChI is InChI=1S/C22H27N3O4/c1-28-15-22(11-13-23-14-12-22)21(27)25-18-5-3-16(4-6-18)20(26)24-17-7-9-19(29-2)10-8-17/h3-10,23H,11-15H2,1-2H3,(H,24,26)(H,25,27). The summed E-state index contributed by atoms with van der Waals surface area (Å²) in [7, 11) is 3.21. The smallest absolute Gasteiger partial charge is 0.255 e. The van der Waals surface area contributed by atoms with Crippen molar-refractivity contribution in [3.05, 3.63) is 54.1 Å². The highest BCUT2D eigenvalue weighted by atomic mass is 16.5. The second-order valence-electron chi connectivity index (χ2n) is 7.18. The van der Waals surface area contributed by atoms with Crippen LogP contribution in [0.4, 0.5) is 11.4 Å². The van der Waals surface area contributed by atoms with Gasteiger partial charge in [-0.3, -0.25) is 9.59 Å². The molecule has 2 amide bonds. The maximum atomic E-state index is 12.9. The first kappa shape index (κ1) is 20.8. The van der Waals surface area contributed by atoms with Gasteiger partial charge in [0.15, 0.2) is 0 Å². The average Bonchev–Trinajstić information content (AvgIpc) is 2.75. The van der Waals surface area contributed by atoms with E-state index in [1.54, 1.807) is 62.8 Å². The van der Waals surface area contributed by atoms with Crippen molar-refractivity contribution in [2.45, 2.75) is 12.8 Å². The number of ether oxygens (including phenoxy) is 2. The Kier molecular flexibility index (Phi) is 6.85. The summed E-state index contributed by atoms with van der Waals surface area (Å²) >= 11 is 0. The normalized spacial score (nSPS) is 15.4. The molecule has 1 aliphatic rings. The monoisotopic (exact) mass is 397 g/mol. The molecule has 0 aliphatic carbocycles. The molecule has 1 heterocycles. The minimum Gasteiger partial charge on any atom is -0.497 e. The molecule has 7 nitrogen and oxygen atoms in total. The lowest BCUT2D eigenvalue weighted by atomic mass is 9.78. The summed E-state index contributed by atoms with van der Waals surface area (Å²) in [5.41, 5.74) is 1.32. The number of rotatable bonds is 7. The van der Waals surface area contributed by atoms with Crippen molar-refractivity contribution in [1.29, 1.82) is 0 Å². The number of hydrogen-bond acceptors (Lipinski definition) is 5. The Morgan fingerprint density at radius 1 is 0.931 bits per heavy atom. The summed E-state index contributed by atoms with van der Waals surface area (Å²) in [6.07, 6.45) is 1.46. The van der Waals surface area contributed by atoms with E-state index in [2.05, 4.69) is 16.0 Å². The molecule has 0 aromatic heterocycles. The Bertz CT molecular complexity index is 823. The lowest BCUT2D eigenvalue weighted by Gasteiger charge is -2.35. The van der Waals surface area contributed by atoms with Crippen molar-refractivity contribution in [1.82, 2.24) is 5.32 Å². The van der Waals surface area contributed by atoms with E-state index in [1.165, 1.54) is 0 Å². The zero-order valence-corrected chi connectivity index (χ0v) is 16.8. The SMILES string of the molecule is COCC1(C(=O)Nc2ccc(C(=O)Nc3ccc(OC)cc3)cc2)CCNCC1. The minimum atomic E-state index is -0.523. The second kappa shape index (κ2) is 9.54. The molecule has 1 saturated heterocycles. The van der Waals surface area contributed by atoms with Crippen LogP contribution >= 0.6 is 0 Å². The third-order valence-electron chi connectivity index (χ3n) is 5.22. The van der Waals surface area contributed by atoms with Crippen molar-refractivity contribution in [2.24, 2.45) is 5.41 Å². The van der Waals surface area contributed by atoms with Crippen molar-refractivity contribution in [3.8, 4) is 5.75 Å². The van der Waals surface area contributed by atoms with Crippen LogP contribution in [0, 0.1) is 5.41 Å². The molecule has 3 N–H and O–H groups in total. The summed E-state index contributed by atoms with van der Waals surface area (Å²) in [6.45, 7) is 1.98. The van der Waals surface area contributed by atoms with Gasteiger partial charge in [-0.1, -0.05) is 0 Å².